The first kappa shape index (κ1) is 17.3. The molecule has 0 radical (unpaired) electrons. The highest BCUT2D eigenvalue weighted by Crippen LogP contribution is 2.11. The van der Waals surface area contributed by atoms with Crippen LogP contribution in [0.2, 0.25) is 0 Å². The molecule has 0 bridgehead atoms. The Morgan fingerprint density at radius 1 is 1.43 bits per heavy atom. The van der Waals surface area contributed by atoms with Gasteiger partial charge in [-0.05, 0) is 18.4 Å². The predicted octanol–water partition coefficient (Wildman–Crippen LogP) is 1.86. The Balaban J connectivity index is 2.61. The summed E-state index contributed by atoms with van der Waals surface area (Å²) < 4.78 is 28.7. The molecule has 0 spiro atoms. The van der Waals surface area contributed by atoms with Crippen molar-refractivity contribution in [3.63, 3.8) is 0 Å². The smallest absolute Gasteiger partial charge is 0.272 e. The van der Waals surface area contributed by atoms with Crippen molar-refractivity contribution in [1.82, 2.24) is 10.3 Å². The van der Waals surface area contributed by atoms with Crippen molar-refractivity contribution in [2.75, 3.05) is 13.2 Å². The number of carbonyl (C=O) groups is 1. The monoisotopic (exact) mass is 302 g/mol. The van der Waals surface area contributed by atoms with Crippen LogP contribution in [0.15, 0.2) is 18.3 Å². The molecule has 7 heteroatoms. The number of nitrogens with one attached hydrogen (secondary N) is 1. The van der Waals surface area contributed by atoms with Crippen LogP contribution >= 0.6 is 0 Å². The van der Waals surface area contributed by atoms with Gasteiger partial charge in [0, 0.05) is 24.9 Å². The van der Waals surface area contributed by atoms with Gasteiger partial charge in [-0.25, -0.2) is 13.8 Å². The van der Waals surface area contributed by atoms with Gasteiger partial charge in [0.15, 0.2) is 6.61 Å². The van der Waals surface area contributed by atoms with Crippen molar-refractivity contribution in [2.24, 2.45) is 5.92 Å². The number of nitrogens with zero attached hydrogens (tertiary/aromatic N) is 1. The second-order valence-electron chi connectivity index (χ2n) is 4.92. The zero-order valence-electron chi connectivity index (χ0n) is 12.1. The number of amides is 1. The molecule has 1 unspecified atom stereocenters. The number of carbonyl (C=O) groups excluding carboxylic acids is 1. The van der Waals surface area contributed by atoms with Gasteiger partial charge in [0.2, 0.25) is 5.88 Å². The van der Waals surface area contributed by atoms with E-state index in [1.807, 2.05) is 13.8 Å². The topological polar surface area (TPSA) is 71.5 Å². The summed E-state index contributed by atoms with van der Waals surface area (Å²) in [6.45, 7) is 3.15. The summed E-state index contributed by atoms with van der Waals surface area (Å²) in [4.78, 5) is 15.8. The fraction of sp³-hybridized carbons (Fsp3) is 0.571. The van der Waals surface area contributed by atoms with E-state index in [1.165, 1.54) is 18.3 Å². The second-order valence-corrected chi connectivity index (χ2v) is 4.92. The van der Waals surface area contributed by atoms with Gasteiger partial charge in [0.1, 0.15) is 0 Å². The van der Waals surface area contributed by atoms with Crippen LogP contribution in [0.25, 0.3) is 0 Å². The Morgan fingerprint density at radius 3 is 2.62 bits per heavy atom. The van der Waals surface area contributed by atoms with Crippen LogP contribution in [0, 0.1) is 5.92 Å². The third-order valence-corrected chi connectivity index (χ3v) is 2.92. The van der Waals surface area contributed by atoms with Crippen LogP contribution in [0.5, 0.6) is 5.88 Å². The van der Waals surface area contributed by atoms with Crippen LogP contribution in [0.1, 0.15) is 30.6 Å². The van der Waals surface area contributed by atoms with Crippen molar-refractivity contribution < 1.29 is 23.4 Å². The molecule has 0 saturated heterocycles. The zero-order chi connectivity index (χ0) is 15.8. The Kier molecular flexibility index (Phi) is 7.01. The van der Waals surface area contributed by atoms with Gasteiger partial charge in [-0.2, -0.15) is 0 Å². The highest BCUT2D eigenvalue weighted by molar-refractivity contribution is 5.94. The molecule has 1 atom stereocenters. The Morgan fingerprint density at radius 2 is 2.14 bits per heavy atom. The molecule has 5 nitrogen and oxygen atoms in total. The molecule has 0 aliphatic carbocycles. The number of aliphatic hydroxyl groups excluding tert-OH is 1. The lowest BCUT2D eigenvalue weighted by molar-refractivity contribution is 0.0794. The lowest BCUT2D eigenvalue weighted by Gasteiger charge is -2.21. The van der Waals surface area contributed by atoms with E-state index in [-0.39, 0.29) is 30.4 Å². The number of aliphatic hydroxyl groups is 1. The van der Waals surface area contributed by atoms with E-state index in [0.29, 0.717) is 12.0 Å². The maximum Gasteiger partial charge on any atom is 0.272 e. The van der Waals surface area contributed by atoms with Crippen LogP contribution in [-0.4, -0.2) is 41.7 Å². The molecular weight excluding hydrogens is 282 g/mol. The number of aromatic nitrogens is 1. The molecule has 0 aliphatic rings. The van der Waals surface area contributed by atoms with Gasteiger partial charge in [0.05, 0.1) is 5.56 Å². The summed E-state index contributed by atoms with van der Waals surface area (Å²) in [5, 5.41) is 11.8. The largest absolute Gasteiger partial charge is 0.472 e. The molecule has 1 aromatic heterocycles. The minimum absolute atomic E-state index is 0.0121. The third-order valence-electron chi connectivity index (χ3n) is 2.92. The van der Waals surface area contributed by atoms with Gasteiger partial charge in [-0.15, -0.1) is 0 Å². The maximum atomic E-state index is 12.0. The molecular formula is C14H20F2N2O3. The SMILES string of the molecule is CC(C)C(CCO)NC(=O)c1ccc(OCC(F)F)nc1. The molecule has 0 saturated carbocycles. The molecule has 1 rings (SSSR count). The van der Waals surface area contributed by atoms with Crippen molar-refractivity contribution >= 4 is 5.91 Å². The average Bonchev–Trinajstić information content (AvgIpc) is 2.45. The van der Waals surface area contributed by atoms with Gasteiger partial charge >= 0.3 is 0 Å². The molecule has 21 heavy (non-hydrogen) atoms. The zero-order valence-corrected chi connectivity index (χ0v) is 12.1. The lowest BCUT2D eigenvalue weighted by atomic mass is 10.0. The molecule has 0 aromatic carbocycles. The van der Waals surface area contributed by atoms with Crippen molar-refractivity contribution in [3.05, 3.63) is 23.9 Å². The summed E-state index contributed by atoms with van der Waals surface area (Å²) in [6.07, 6.45) is -0.834. The van der Waals surface area contributed by atoms with Gasteiger partial charge < -0.3 is 15.2 Å². The fourth-order valence-electron chi connectivity index (χ4n) is 1.71. The van der Waals surface area contributed by atoms with Crippen LogP contribution in [0.4, 0.5) is 8.78 Å². The standard InChI is InChI=1S/C14H20F2N2O3/c1-9(2)11(5-6-19)18-14(20)10-3-4-13(17-7-10)21-8-12(15)16/h3-4,7,9,11-12,19H,5-6,8H2,1-2H3,(H,18,20). The summed E-state index contributed by atoms with van der Waals surface area (Å²) in [5.74, 6) is -0.0969. The molecule has 118 valence electrons. The van der Waals surface area contributed by atoms with Crippen LogP contribution in [0.3, 0.4) is 0 Å². The summed E-state index contributed by atoms with van der Waals surface area (Å²) >= 11 is 0. The molecule has 1 heterocycles. The van der Waals surface area contributed by atoms with E-state index in [9.17, 15) is 13.6 Å². The molecule has 0 aliphatic heterocycles. The van der Waals surface area contributed by atoms with Crippen molar-refractivity contribution in [3.8, 4) is 5.88 Å². The van der Waals surface area contributed by atoms with E-state index in [4.69, 9.17) is 9.84 Å². The summed E-state index contributed by atoms with van der Waals surface area (Å²) in [6, 6.07) is 2.69. The minimum atomic E-state index is -2.57. The van der Waals surface area contributed by atoms with Crippen molar-refractivity contribution in [2.45, 2.75) is 32.7 Å². The number of ether oxygens (including phenoxy) is 1. The number of halogens is 2. The number of rotatable bonds is 8. The quantitative estimate of drug-likeness (QED) is 0.769. The number of hydrogen-bond donors (Lipinski definition) is 2. The molecule has 2 N–H and O–H groups in total. The maximum absolute atomic E-state index is 12.0. The lowest BCUT2D eigenvalue weighted by Crippen LogP contribution is -2.39. The molecule has 1 amide bonds. The van der Waals surface area contributed by atoms with Crippen molar-refractivity contribution in [1.29, 1.82) is 0 Å². The number of hydrogen-bond acceptors (Lipinski definition) is 4. The molecule has 0 fully saturated rings. The number of pyridine rings is 1. The highest BCUT2D eigenvalue weighted by Gasteiger charge is 2.17. The van der Waals surface area contributed by atoms with Crippen LogP contribution in [-0.2, 0) is 0 Å². The normalized spacial score (nSPS) is 12.5. The predicted molar refractivity (Wildman–Crippen MR) is 73.5 cm³/mol. The van der Waals surface area contributed by atoms with Gasteiger partial charge in [-0.3, -0.25) is 4.79 Å². The van der Waals surface area contributed by atoms with Gasteiger partial charge in [-0.1, -0.05) is 13.8 Å². The summed E-state index contributed by atoms with van der Waals surface area (Å²) in [7, 11) is 0. The Labute approximate surface area is 122 Å². The Hall–Kier alpha value is -1.76. The van der Waals surface area contributed by atoms with E-state index >= 15 is 0 Å². The molecule has 1 aromatic rings. The van der Waals surface area contributed by atoms with E-state index in [0.717, 1.165) is 0 Å². The van der Waals surface area contributed by atoms with Gasteiger partial charge in [0.25, 0.3) is 12.3 Å². The van der Waals surface area contributed by atoms with Crippen LogP contribution < -0.4 is 10.1 Å². The van der Waals surface area contributed by atoms with E-state index in [2.05, 4.69) is 10.3 Å². The number of alkyl halides is 2. The average molecular weight is 302 g/mol. The first-order chi connectivity index (χ1) is 9.93. The second kappa shape index (κ2) is 8.51. The summed E-state index contributed by atoms with van der Waals surface area (Å²) in [5.41, 5.74) is 0.308. The third kappa shape index (κ3) is 6.03. The van der Waals surface area contributed by atoms with E-state index < -0.39 is 13.0 Å². The first-order valence-corrected chi connectivity index (χ1v) is 6.72. The Bertz CT molecular complexity index is 438. The van der Waals surface area contributed by atoms with E-state index in [1.54, 1.807) is 0 Å². The first-order valence-electron chi connectivity index (χ1n) is 6.72. The minimum Gasteiger partial charge on any atom is -0.472 e. The highest BCUT2D eigenvalue weighted by atomic mass is 19.3. The fourth-order valence-corrected chi connectivity index (χ4v) is 1.71.